The highest BCUT2D eigenvalue weighted by Gasteiger charge is 2.26. The molecule has 0 spiro atoms. The van der Waals surface area contributed by atoms with Crippen molar-refractivity contribution in [3.63, 3.8) is 0 Å². The number of hydrogen-bond acceptors (Lipinski definition) is 4. The smallest absolute Gasteiger partial charge is 0.335 e. The first-order valence-electron chi connectivity index (χ1n) is 6.33. The molecule has 3 rings (SSSR count). The van der Waals surface area contributed by atoms with Crippen LogP contribution in [0.1, 0.15) is 47.0 Å². The number of aromatic carboxylic acids is 1. The molecule has 1 fully saturated rings. The van der Waals surface area contributed by atoms with Crippen LogP contribution in [0.15, 0.2) is 22.7 Å². The fourth-order valence-electron chi connectivity index (χ4n) is 2.16. The van der Waals surface area contributed by atoms with Gasteiger partial charge >= 0.3 is 5.97 Å². The molecular formula is C14H14N2O3. The molecule has 1 heterocycles. The summed E-state index contributed by atoms with van der Waals surface area (Å²) in [6.07, 6.45) is 3.39. The second-order valence-electron chi connectivity index (χ2n) is 4.92. The summed E-state index contributed by atoms with van der Waals surface area (Å²) in [6.45, 7) is 1.90. The van der Waals surface area contributed by atoms with Gasteiger partial charge in [0.1, 0.15) is 0 Å². The monoisotopic (exact) mass is 258 g/mol. The van der Waals surface area contributed by atoms with Crippen LogP contribution in [0.3, 0.4) is 0 Å². The van der Waals surface area contributed by atoms with Crippen molar-refractivity contribution in [3.8, 4) is 11.4 Å². The molecule has 1 saturated carbocycles. The molecule has 98 valence electrons. The summed E-state index contributed by atoms with van der Waals surface area (Å²) in [5.74, 6) is 0.567. The number of benzene rings is 1. The Labute approximate surface area is 110 Å². The number of aryl methyl sites for hydroxylation is 1. The van der Waals surface area contributed by atoms with Crippen molar-refractivity contribution in [2.75, 3.05) is 0 Å². The lowest BCUT2D eigenvalue weighted by Crippen LogP contribution is -2.08. The van der Waals surface area contributed by atoms with E-state index >= 15 is 0 Å². The van der Waals surface area contributed by atoms with Crippen LogP contribution >= 0.6 is 0 Å². The highest BCUT2D eigenvalue weighted by Crippen LogP contribution is 2.36. The average molecular weight is 258 g/mol. The minimum atomic E-state index is -0.955. The van der Waals surface area contributed by atoms with E-state index in [-0.39, 0.29) is 5.56 Å². The third-order valence-corrected chi connectivity index (χ3v) is 3.62. The second-order valence-corrected chi connectivity index (χ2v) is 4.92. The Morgan fingerprint density at radius 1 is 1.42 bits per heavy atom. The number of carbonyl (C=O) groups is 1. The van der Waals surface area contributed by atoms with Gasteiger partial charge in [-0.25, -0.2) is 4.79 Å². The maximum absolute atomic E-state index is 11.0. The van der Waals surface area contributed by atoms with E-state index in [1.807, 2.05) is 6.92 Å². The van der Waals surface area contributed by atoms with Gasteiger partial charge in [-0.1, -0.05) is 17.6 Å². The Bertz CT molecular complexity index is 629. The molecule has 0 bridgehead atoms. The lowest BCUT2D eigenvalue weighted by Gasteiger charge is -2.20. The lowest BCUT2D eigenvalue weighted by molar-refractivity contribution is 0.0697. The van der Waals surface area contributed by atoms with Crippen molar-refractivity contribution in [3.05, 3.63) is 35.2 Å². The van der Waals surface area contributed by atoms with E-state index < -0.39 is 5.97 Å². The number of aromatic nitrogens is 2. The van der Waals surface area contributed by atoms with Gasteiger partial charge in [0.25, 0.3) is 0 Å². The van der Waals surface area contributed by atoms with Crippen LogP contribution in [0.5, 0.6) is 0 Å². The van der Waals surface area contributed by atoms with Gasteiger partial charge in [0, 0.05) is 11.5 Å². The van der Waals surface area contributed by atoms with Crippen LogP contribution in [0.25, 0.3) is 11.4 Å². The van der Waals surface area contributed by atoms with Crippen LogP contribution in [0.2, 0.25) is 0 Å². The van der Waals surface area contributed by atoms with Crippen molar-refractivity contribution in [2.45, 2.75) is 32.1 Å². The summed E-state index contributed by atoms with van der Waals surface area (Å²) >= 11 is 0. The molecule has 1 N–H and O–H groups in total. The molecule has 0 saturated heterocycles. The summed E-state index contributed by atoms with van der Waals surface area (Å²) in [5.41, 5.74) is 1.88. The van der Waals surface area contributed by atoms with Gasteiger partial charge in [-0.05, 0) is 37.5 Å². The molecule has 1 aromatic heterocycles. The van der Waals surface area contributed by atoms with Crippen molar-refractivity contribution in [2.24, 2.45) is 0 Å². The molecule has 1 aliphatic rings. The summed E-state index contributed by atoms with van der Waals surface area (Å²) in [7, 11) is 0. The highest BCUT2D eigenvalue weighted by molar-refractivity contribution is 5.89. The minimum Gasteiger partial charge on any atom is -0.478 e. The van der Waals surface area contributed by atoms with Crippen molar-refractivity contribution in [1.82, 2.24) is 10.1 Å². The van der Waals surface area contributed by atoms with E-state index in [1.165, 1.54) is 6.42 Å². The molecule has 1 aromatic carbocycles. The zero-order valence-corrected chi connectivity index (χ0v) is 10.6. The minimum absolute atomic E-state index is 0.232. The van der Waals surface area contributed by atoms with Crippen molar-refractivity contribution >= 4 is 5.97 Å². The normalized spacial score (nSPS) is 15.2. The third-order valence-electron chi connectivity index (χ3n) is 3.62. The molecule has 5 heteroatoms. The van der Waals surface area contributed by atoms with Crippen LogP contribution in [0, 0.1) is 6.92 Å². The van der Waals surface area contributed by atoms with E-state index in [0.29, 0.717) is 23.2 Å². The van der Waals surface area contributed by atoms with Gasteiger partial charge in [-0.15, -0.1) is 0 Å². The molecule has 0 radical (unpaired) electrons. The summed E-state index contributed by atoms with van der Waals surface area (Å²) < 4.78 is 5.27. The number of hydrogen-bond donors (Lipinski definition) is 1. The number of carboxylic acids is 1. The average Bonchev–Trinajstić information content (AvgIpc) is 2.76. The fraction of sp³-hybridized carbons (Fsp3) is 0.357. The fourth-order valence-corrected chi connectivity index (χ4v) is 2.16. The van der Waals surface area contributed by atoms with Crippen LogP contribution in [-0.2, 0) is 0 Å². The molecule has 19 heavy (non-hydrogen) atoms. The standard InChI is InChI=1S/C14H14N2O3/c1-8-5-6-10(14(17)18)7-11(8)12-15-13(19-16-12)9-3-2-4-9/h5-7,9H,2-4H2,1H3,(H,17,18). The lowest BCUT2D eigenvalue weighted by atomic mass is 9.85. The van der Waals surface area contributed by atoms with Crippen LogP contribution in [-0.4, -0.2) is 21.2 Å². The first-order chi connectivity index (χ1) is 9.15. The van der Waals surface area contributed by atoms with Gasteiger partial charge in [0.05, 0.1) is 5.56 Å². The van der Waals surface area contributed by atoms with Gasteiger partial charge in [0.15, 0.2) is 0 Å². The summed E-state index contributed by atoms with van der Waals surface area (Å²) in [6, 6.07) is 4.93. The summed E-state index contributed by atoms with van der Waals surface area (Å²) in [5, 5.41) is 13.0. The molecule has 0 atom stereocenters. The van der Waals surface area contributed by atoms with E-state index in [2.05, 4.69) is 10.1 Å². The molecule has 5 nitrogen and oxygen atoms in total. The molecule has 0 aliphatic heterocycles. The zero-order valence-electron chi connectivity index (χ0n) is 10.6. The molecule has 0 unspecified atom stereocenters. The number of rotatable bonds is 3. The predicted molar refractivity (Wildman–Crippen MR) is 68.0 cm³/mol. The van der Waals surface area contributed by atoms with E-state index in [1.54, 1.807) is 18.2 Å². The Hall–Kier alpha value is -2.17. The first-order valence-corrected chi connectivity index (χ1v) is 6.33. The second kappa shape index (κ2) is 4.50. The molecule has 0 amide bonds. The van der Waals surface area contributed by atoms with Gasteiger partial charge in [0.2, 0.25) is 11.7 Å². The topological polar surface area (TPSA) is 76.2 Å². The number of nitrogens with zero attached hydrogens (tertiary/aromatic N) is 2. The Kier molecular flexibility index (Phi) is 2.81. The van der Waals surface area contributed by atoms with Gasteiger partial charge < -0.3 is 9.63 Å². The van der Waals surface area contributed by atoms with Crippen molar-refractivity contribution < 1.29 is 14.4 Å². The maximum atomic E-state index is 11.0. The predicted octanol–water partition coefficient (Wildman–Crippen LogP) is 3.01. The van der Waals surface area contributed by atoms with Crippen LogP contribution < -0.4 is 0 Å². The number of carboxylic acid groups (broad SMARTS) is 1. The summed E-state index contributed by atoms with van der Waals surface area (Å²) in [4.78, 5) is 15.4. The first kappa shape index (κ1) is 11.9. The van der Waals surface area contributed by atoms with Gasteiger partial charge in [-0.2, -0.15) is 4.98 Å². The highest BCUT2D eigenvalue weighted by atomic mass is 16.5. The van der Waals surface area contributed by atoms with Crippen LogP contribution in [0.4, 0.5) is 0 Å². The van der Waals surface area contributed by atoms with E-state index in [9.17, 15) is 4.79 Å². The van der Waals surface area contributed by atoms with E-state index in [4.69, 9.17) is 9.63 Å². The quantitative estimate of drug-likeness (QED) is 0.915. The third kappa shape index (κ3) is 2.12. The Morgan fingerprint density at radius 3 is 2.84 bits per heavy atom. The molecule has 1 aliphatic carbocycles. The SMILES string of the molecule is Cc1ccc(C(=O)O)cc1-c1noc(C2CCC2)n1. The maximum Gasteiger partial charge on any atom is 0.335 e. The zero-order chi connectivity index (χ0) is 13.4. The Balaban J connectivity index is 1.98. The molecular weight excluding hydrogens is 244 g/mol. The van der Waals surface area contributed by atoms with Gasteiger partial charge in [-0.3, -0.25) is 0 Å². The molecule has 2 aromatic rings. The Morgan fingerprint density at radius 2 is 2.21 bits per heavy atom. The van der Waals surface area contributed by atoms with E-state index in [0.717, 1.165) is 18.4 Å². The largest absolute Gasteiger partial charge is 0.478 e. The van der Waals surface area contributed by atoms with Crippen molar-refractivity contribution in [1.29, 1.82) is 0 Å².